The highest BCUT2D eigenvalue weighted by Gasteiger charge is 2.37. The first-order valence-electron chi connectivity index (χ1n) is 9.98. The Bertz CT molecular complexity index is 1000. The molecule has 7 nitrogen and oxygen atoms in total. The maximum Gasteiger partial charge on any atom is 0.294 e. The molecule has 0 bridgehead atoms. The van der Waals surface area contributed by atoms with Crippen LogP contribution in [0.25, 0.3) is 6.08 Å². The second-order valence-corrected chi connectivity index (χ2v) is 8.07. The molecule has 2 aliphatic rings. The molecule has 3 amide bonds. The van der Waals surface area contributed by atoms with E-state index in [0.717, 1.165) is 22.2 Å². The van der Waals surface area contributed by atoms with Gasteiger partial charge in [0.25, 0.3) is 11.1 Å². The van der Waals surface area contributed by atoms with E-state index in [1.54, 1.807) is 11.0 Å². The second-order valence-electron chi connectivity index (χ2n) is 7.07. The molecule has 2 fully saturated rings. The van der Waals surface area contributed by atoms with Gasteiger partial charge in [0.2, 0.25) is 5.91 Å². The Morgan fingerprint density at radius 1 is 1.03 bits per heavy atom. The van der Waals surface area contributed by atoms with Crippen molar-refractivity contribution in [3.63, 3.8) is 0 Å². The molecule has 0 N–H and O–H groups in total. The SMILES string of the molecule is O=C(CN1C(=O)S/C(=C\c2ccccc2OCc2ccccc2)C1=O)N1CCOCC1. The van der Waals surface area contributed by atoms with Crippen LogP contribution in [0.1, 0.15) is 11.1 Å². The number of para-hydroxylation sites is 1. The summed E-state index contributed by atoms with van der Waals surface area (Å²) in [6, 6.07) is 17.1. The predicted molar refractivity (Wildman–Crippen MR) is 117 cm³/mol. The lowest BCUT2D eigenvalue weighted by atomic mass is 10.1. The van der Waals surface area contributed by atoms with Crippen molar-refractivity contribution in [2.75, 3.05) is 32.8 Å². The smallest absolute Gasteiger partial charge is 0.294 e. The molecule has 2 saturated heterocycles. The number of thioether (sulfide) groups is 1. The van der Waals surface area contributed by atoms with Crippen LogP contribution in [0.3, 0.4) is 0 Å². The molecule has 0 aromatic heterocycles. The van der Waals surface area contributed by atoms with Gasteiger partial charge in [0.1, 0.15) is 18.9 Å². The van der Waals surface area contributed by atoms with Crippen molar-refractivity contribution in [1.29, 1.82) is 0 Å². The number of carbonyl (C=O) groups excluding carboxylic acids is 3. The van der Waals surface area contributed by atoms with Gasteiger partial charge < -0.3 is 14.4 Å². The van der Waals surface area contributed by atoms with Crippen LogP contribution in [0, 0.1) is 0 Å². The number of benzene rings is 2. The van der Waals surface area contributed by atoms with E-state index in [-0.39, 0.29) is 17.4 Å². The van der Waals surface area contributed by atoms with Crippen LogP contribution < -0.4 is 4.74 Å². The Kier molecular flexibility index (Phi) is 6.69. The monoisotopic (exact) mass is 438 g/mol. The molecule has 8 heteroatoms. The molecule has 0 saturated carbocycles. The van der Waals surface area contributed by atoms with Gasteiger partial charge in [-0.2, -0.15) is 0 Å². The van der Waals surface area contributed by atoms with Crippen LogP contribution in [0.15, 0.2) is 59.5 Å². The third-order valence-corrected chi connectivity index (χ3v) is 5.88. The molecule has 2 aliphatic heterocycles. The van der Waals surface area contributed by atoms with Gasteiger partial charge >= 0.3 is 0 Å². The first-order chi connectivity index (χ1) is 15.1. The fraction of sp³-hybridized carbons (Fsp3) is 0.261. The average molecular weight is 439 g/mol. The number of amides is 3. The molecule has 4 rings (SSSR count). The van der Waals surface area contributed by atoms with E-state index in [2.05, 4.69) is 0 Å². The number of morpholine rings is 1. The Balaban J connectivity index is 1.46. The van der Waals surface area contributed by atoms with Crippen molar-refractivity contribution in [1.82, 2.24) is 9.80 Å². The Morgan fingerprint density at radius 3 is 2.52 bits per heavy atom. The summed E-state index contributed by atoms with van der Waals surface area (Å²) in [6.45, 7) is 2.00. The minimum Gasteiger partial charge on any atom is -0.488 e. The highest BCUT2D eigenvalue weighted by molar-refractivity contribution is 8.18. The van der Waals surface area contributed by atoms with E-state index in [1.165, 1.54) is 0 Å². The molecule has 0 aliphatic carbocycles. The van der Waals surface area contributed by atoms with E-state index >= 15 is 0 Å². The molecule has 2 aromatic rings. The zero-order valence-corrected chi connectivity index (χ0v) is 17.7. The van der Waals surface area contributed by atoms with Crippen molar-refractivity contribution in [3.05, 3.63) is 70.6 Å². The summed E-state index contributed by atoms with van der Waals surface area (Å²) < 4.78 is 11.2. The molecular weight excluding hydrogens is 416 g/mol. The Hall–Kier alpha value is -3.10. The largest absolute Gasteiger partial charge is 0.488 e. The summed E-state index contributed by atoms with van der Waals surface area (Å²) in [7, 11) is 0. The lowest BCUT2D eigenvalue weighted by Crippen LogP contribution is -2.46. The Morgan fingerprint density at radius 2 is 1.74 bits per heavy atom. The summed E-state index contributed by atoms with van der Waals surface area (Å²) in [5.41, 5.74) is 1.72. The van der Waals surface area contributed by atoms with Crippen LogP contribution in [-0.4, -0.2) is 59.7 Å². The second kappa shape index (κ2) is 9.80. The molecule has 2 aromatic carbocycles. The van der Waals surface area contributed by atoms with Gasteiger partial charge in [0.15, 0.2) is 0 Å². The minimum atomic E-state index is -0.463. The van der Waals surface area contributed by atoms with Gasteiger partial charge in [-0.15, -0.1) is 0 Å². The van der Waals surface area contributed by atoms with Gasteiger partial charge in [-0.3, -0.25) is 19.3 Å². The molecule has 0 radical (unpaired) electrons. The number of hydrogen-bond acceptors (Lipinski definition) is 6. The van der Waals surface area contributed by atoms with Crippen molar-refractivity contribution in [2.45, 2.75) is 6.61 Å². The van der Waals surface area contributed by atoms with E-state index in [1.807, 2.05) is 54.6 Å². The van der Waals surface area contributed by atoms with Crippen LogP contribution >= 0.6 is 11.8 Å². The molecule has 31 heavy (non-hydrogen) atoms. The first-order valence-corrected chi connectivity index (χ1v) is 10.8. The van der Waals surface area contributed by atoms with Crippen molar-refractivity contribution in [3.8, 4) is 5.75 Å². The predicted octanol–water partition coefficient (Wildman–Crippen LogP) is 3.16. The van der Waals surface area contributed by atoms with Crippen molar-refractivity contribution >= 4 is 34.9 Å². The minimum absolute atomic E-state index is 0.251. The standard InChI is InChI=1S/C23H22N2O5S/c26-21(24-10-12-29-13-11-24)15-25-22(27)20(31-23(25)28)14-18-8-4-5-9-19(18)30-16-17-6-2-1-3-7-17/h1-9,14H,10-13,15-16H2/b20-14-. The van der Waals surface area contributed by atoms with E-state index in [9.17, 15) is 14.4 Å². The summed E-state index contributed by atoms with van der Waals surface area (Å²) in [5, 5.41) is -0.444. The lowest BCUT2D eigenvalue weighted by Gasteiger charge is -2.28. The third-order valence-electron chi connectivity index (χ3n) is 4.97. The summed E-state index contributed by atoms with van der Waals surface area (Å²) >= 11 is 0.836. The average Bonchev–Trinajstić information content (AvgIpc) is 3.07. The third kappa shape index (κ3) is 5.15. The van der Waals surface area contributed by atoms with Gasteiger partial charge in [0, 0.05) is 18.7 Å². The van der Waals surface area contributed by atoms with Crippen LogP contribution in [0.2, 0.25) is 0 Å². The number of nitrogens with zero attached hydrogens (tertiary/aromatic N) is 2. The highest BCUT2D eigenvalue weighted by atomic mass is 32.2. The van der Waals surface area contributed by atoms with E-state index < -0.39 is 11.1 Å². The summed E-state index contributed by atoms with van der Waals surface area (Å²) in [5.74, 6) is -0.101. The summed E-state index contributed by atoms with van der Waals surface area (Å²) in [4.78, 5) is 40.6. The summed E-state index contributed by atoms with van der Waals surface area (Å²) in [6.07, 6.45) is 1.64. The van der Waals surface area contributed by atoms with Crippen molar-refractivity contribution < 1.29 is 23.9 Å². The molecule has 0 unspecified atom stereocenters. The normalized spacial score (nSPS) is 18.0. The number of rotatable bonds is 6. The Labute approximate surface area is 184 Å². The molecule has 0 atom stereocenters. The van der Waals surface area contributed by atoms with E-state index in [0.29, 0.717) is 44.2 Å². The topological polar surface area (TPSA) is 76.2 Å². The molecule has 160 valence electrons. The van der Waals surface area contributed by atoms with Crippen LogP contribution in [-0.2, 0) is 20.9 Å². The zero-order chi connectivity index (χ0) is 21.6. The fourth-order valence-corrected chi connectivity index (χ4v) is 4.12. The van der Waals surface area contributed by atoms with Gasteiger partial charge in [0.05, 0.1) is 18.1 Å². The van der Waals surface area contributed by atoms with Crippen LogP contribution in [0.5, 0.6) is 5.75 Å². The van der Waals surface area contributed by atoms with Gasteiger partial charge in [-0.25, -0.2) is 0 Å². The van der Waals surface area contributed by atoms with Gasteiger partial charge in [-0.05, 0) is 29.5 Å². The first kappa shape index (κ1) is 21.1. The van der Waals surface area contributed by atoms with Crippen molar-refractivity contribution in [2.24, 2.45) is 0 Å². The number of imide groups is 1. The van der Waals surface area contributed by atoms with E-state index in [4.69, 9.17) is 9.47 Å². The number of ether oxygens (including phenoxy) is 2. The molecule has 0 spiro atoms. The number of hydrogen-bond donors (Lipinski definition) is 0. The molecule has 2 heterocycles. The fourth-order valence-electron chi connectivity index (χ4n) is 3.29. The lowest BCUT2D eigenvalue weighted by molar-refractivity contribution is -0.139. The number of carbonyl (C=O) groups is 3. The highest BCUT2D eigenvalue weighted by Crippen LogP contribution is 2.34. The van der Waals surface area contributed by atoms with Gasteiger partial charge in [-0.1, -0.05) is 48.5 Å². The maximum absolute atomic E-state index is 12.8. The quantitative estimate of drug-likeness (QED) is 0.645. The zero-order valence-electron chi connectivity index (χ0n) is 16.9. The molecular formula is C23H22N2O5S. The maximum atomic E-state index is 12.8. The van der Waals surface area contributed by atoms with Crippen LogP contribution in [0.4, 0.5) is 4.79 Å².